The van der Waals surface area contributed by atoms with Crippen molar-refractivity contribution < 1.29 is 20.1 Å². The van der Waals surface area contributed by atoms with E-state index in [1.807, 2.05) is 0 Å². The van der Waals surface area contributed by atoms with Gasteiger partial charge in [0.15, 0.2) is 5.78 Å². The molecular weight excluding hydrogens is 474 g/mol. The molecule has 0 aromatic rings. The molecule has 0 aromatic carbocycles. The zero-order valence-corrected chi connectivity index (χ0v) is 25.5. The van der Waals surface area contributed by atoms with Crippen LogP contribution in [0.25, 0.3) is 0 Å². The van der Waals surface area contributed by atoms with Crippen molar-refractivity contribution in [2.75, 3.05) is 0 Å². The lowest BCUT2D eigenvalue weighted by molar-refractivity contribution is -0.140. The second-order valence-electron chi connectivity index (χ2n) is 11.9. The highest BCUT2D eigenvalue weighted by Crippen LogP contribution is 2.20. The number of carbonyl (C=O) groups is 1. The van der Waals surface area contributed by atoms with Crippen LogP contribution in [0.5, 0.6) is 0 Å². The van der Waals surface area contributed by atoms with Gasteiger partial charge in [0.05, 0.1) is 12.0 Å². The molecule has 0 rings (SSSR count). The number of ketones is 1. The number of aliphatic hydroxyl groups excluding tert-OH is 3. The molecule has 5 nitrogen and oxygen atoms in total. The van der Waals surface area contributed by atoms with Crippen molar-refractivity contribution in [2.24, 2.45) is 11.7 Å². The molecule has 0 bridgehead atoms. The van der Waals surface area contributed by atoms with Crippen LogP contribution in [0.1, 0.15) is 181 Å². The zero-order valence-electron chi connectivity index (χ0n) is 25.5. The monoisotopic (exact) mass is 542 g/mol. The molecule has 38 heavy (non-hydrogen) atoms. The number of rotatable bonds is 30. The second-order valence-corrected chi connectivity index (χ2v) is 11.9. The minimum absolute atomic E-state index is 0.379. The molecule has 0 aliphatic carbocycles. The highest BCUT2D eigenvalue weighted by atomic mass is 16.3. The van der Waals surface area contributed by atoms with Crippen LogP contribution < -0.4 is 5.73 Å². The second kappa shape index (κ2) is 28.1. The molecule has 0 amide bonds. The maximum atomic E-state index is 12.7. The summed E-state index contributed by atoms with van der Waals surface area (Å²) in [7, 11) is 0. The topological polar surface area (TPSA) is 104 Å². The standard InChI is InChI=1S/C33H67NO4/c1-3-5-7-9-11-13-15-16-18-19-21-23-25-27-29(35)31(33(34)38)32(37)30(36)28-26-24-22-20-17-14-12-10-8-6-4-2/h29-31,33,35-36,38H,3-28,34H2,1-2H3/t29-,30?,31-,33?/m1/s1. The van der Waals surface area contributed by atoms with E-state index in [-0.39, 0.29) is 0 Å². The molecule has 0 aliphatic rings. The first-order chi connectivity index (χ1) is 18.5. The molecule has 2 unspecified atom stereocenters. The predicted octanol–water partition coefficient (Wildman–Crippen LogP) is 8.35. The van der Waals surface area contributed by atoms with Crippen molar-refractivity contribution in [3.8, 4) is 0 Å². The Morgan fingerprint density at radius 3 is 1.11 bits per heavy atom. The molecule has 0 saturated heterocycles. The van der Waals surface area contributed by atoms with Gasteiger partial charge in [0.25, 0.3) is 0 Å². The third-order valence-electron chi connectivity index (χ3n) is 8.12. The molecule has 4 atom stereocenters. The van der Waals surface area contributed by atoms with Crippen LogP contribution in [-0.2, 0) is 4.79 Å². The van der Waals surface area contributed by atoms with E-state index >= 15 is 0 Å². The zero-order chi connectivity index (χ0) is 28.3. The number of aliphatic hydroxyl groups is 3. The average Bonchev–Trinajstić information content (AvgIpc) is 2.89. The quantitative estimate of drug-likeness (QED) is 0.0540. The Hall–Kier alpha value is -0.490. The van der Waals surface area contributed by atoms with E-state index in [1.165, 1.54) is 116 Å². The minimum Gasteiger partial charge on any atom is -0.392 e. The van der Waals surface area contributed by atoms with Crippen molar-refractivity contribution in [1.82, 2.24) is 0 Å². The van der Waals surface area contributed by atoms with Crippen molar-refractivity contribution in [3.05, 3.63) is 0 Å². The number of carbonyl (C=O) groups excluding carboxylic acids is 1. The van der Waals surface area contributed by atoms with Gasteiger partial charge in [0.2, 0.25) is 0 Å². The van der Waals surface area contributed by atoms with E-state index in [0.29, 0.717) is 12.8 Å². The van der Waals surface area contributed by atoms with Crippen molar-refractivity contribution in [2.45, 2.75) is 199 Å². The number of hydrogen-bond donors (Lipinski definition) is 4. The summed E-state index contributed by atoms with van der Waals surface area (Å²) in [5, 5.41) is 30.9. The first-order valence-corrected chi connectivity index (χ1v) is 16.8. The fourth-order valence-corrected chi connectivity index (χ4v) is 5.50. The van der Waals surface area contributed by atoms with Gasteiger partial charge in [-0.1, -0.05) is 168 Å². The minimum atomic E-state index is -1.44. The van der Waals surface area contributed by atoms with Gasteiger partial charge in [-0.3, -0.25) is 4.79 Å². The average molecular weight is 542 g/mol. The van der Waals surface area contributed by atoms with E-state index in [1.54, 1.807) is 0 Å². The van der Waals surface area contributed by atoms with Gasteiger partial charge < -0.3 is 21.1 Å². The molecule has 0 saturated carbocycles. The van der Waals surface area contributed by atoms with Crippen LogP contribution in [0.15, 0.2) is 0 Å². The molecule has 0 aromatic heterocycles. The molecule has 228 valence electrons. The van der Waals surface area contributed by atoms with Gasteiger partial charge >= 0.3 is 0 Å². The van der Waals surface area contributed by atoms with Gasteiger partial charge in [0.1, 0.15) is 12.3 Å². The lowest BCUT2D eigenvalue weighted by Crippen LogP contribution is -2.47. The molecule has 0 aliphatic heterocycles. The molecular formula is C33H67NO4. The number of nitrogens with two attached hydrogens (primary N) is 1. The Labute approximate surface area is 236 Å². The molecule has 5 N–H and O–H groups in total. The summed E-state index contributed by atoms with van der Waals surface area (Å²) < 4.78 is 0. The van der Waals surface area contributed by atoms with Crippen LogP contribution in [-0.4, -0.2) is 39.5 Å². The Balaban J connectivity index is 3.87. The van der Waals surface area contributed by atoms with Crippen LogP contribution in [0.4, 0.5) is 0 Å². The molecule has 0 heterocycles. The Kier molecular flexibility index (Phi) is 27.7. The summed E-state index contributed by atoms with van der Waals surface area (Å²) in [6.45, 7) is 4.50. The summed E-state index contributed by atoms with van der Waals surface area (Å²) in [5.74, 6) is -1.61. The van der Waals surface area contributed by atoms with Crippen LogP contribution in [0.2, 0.25) is 0 Å². The summed E-state index contributed by atoms with van der Waals surface area (Å²) in [6, 6.07) is 0. The maximum Gasteiger partial charge on any atom is 0.170 e. The van der Waals surface area contributed by atoms with Gasteiger partial charge in [-0.05, 0) is 12.8 Å². The summed E-state index contributed by atoms with van der Waals surface area (Å²) in [6.07, 6.45) is 26.8. The Morgan fingerprint density at radius 2 is 0.789 bits per heavy atom. The lowest BCUT2D eigenvalue weighted by atomic mass is 9.87. The van der Waals surface area contributed by atoms with Crippen LogP contribution >= 0.6 is 0 Å². The largest absolute Gasteiger partial charge is 0.392 e. The summed E-state index contributed by atoms with van der Waals surface area (Å²) in [5.41, 5.74) is 5.64. The van der Waals surface area contributed by atoms with Gasteiger partial charge in [-0.25, -0.2) is 0 Å². The first-order valence-electron chi connectivity index (χ1n) is 16.8. The number of unbranched alkanes of at least 4 members (excludes halogenated alkanes) is 22. The summed E-state index contributed by atoms with van der Waals surface area (Å²) in [4.78, 5) is 12.7. The number of hydrogen-bond acceptors (Lipinski definition) is 5. The lowest BCUT2D eigenvalue weighted by Gasteiger charge is -2.26. The van der Waals surface area contributed by atoms with Crippen molar-refractivity contribution in [3.63, 3.8) is 0 Å². The van der Waals surface area contributed by atoms with Crippen LogP contribution in [0.3, 0.4) is 0 Å². The van der Waals surface area contributed by atoms with E-state index in [9.17, 15) is 20.1 Å². The van der Waals surface area contributed by atoms with Gasteiger partial charge in [-0.2, -0.15) is 0 Å². The maximum absolute atomic E-state index is 12.7. The highest BCUT2D eigenvalue weighted by molar-refractivity contribution is 5.86. The van der Waals surface area contributed by atoms with Gasteiger partial charge in [0, 0.05) is 0 Å². The smallest absolute Gasteiger partial charge is 0.170 e. The summed E-state index contributed by atoms with van der Waals surface area (Å²) >= 11 is 0. The fourth-order valence-electron chi connectivity index (χ4n) is 5.50. The van der Waals surface area contributed by atoms with Crippen LogP contribution in [0, 0.1) is 5.92 Å². The van der Waals surface area contributed by atoms with E-state index in [4.69, 9.17) is 5.73 Å². The molecule has 0 radical (unpaired) electrons. The molecule has 0 spiro atoms. The Morgan fingerprint density at radius 1 is 0.500 bits per heavy atom. The van der Waals surface area contributed by atoms with E-state index < -0.39 is 30.1 Å². The highest BCUT2D eigenvalue weighted by Gasteiger charge is 2.34. The first kappa shape index (κ1) is 37.5. The molecule has 0 fully saturated rings. The van der Waals surface area contributed by atoms with Crippen molar-refractivity contribution >= 4 is 5.78 Å². The third kappa shape index (κ3) is 22.3. The fraction of sp³-hybridized carbons (Fsp3) is 0.970. The SMILES string of the molecule is CCCCCCCCCCCCCCC[C@@H](O)[C@H](C(=O)C(O)CCCCCCCCCCCCC)C(N)O. The number of Topliss-reactive ketones (excluding diaryl/α,β-unsaturated/α-hetero) is 1. The Bertz CT molecular complexity index is 499. The van der Waals surface area contributed by atoms with E-state index in [2.05, 4.69) is 13.8 Å². The predicted molar refractivity (Wildman–Crippen MR) is 162 cm³/mol. The third-order valence-corrected chi connectivity index (χ3v) is 8.12. The normalized spacial score (nSPS) is 14.9. The van der Waals surface area contributed by atoms with E-state index in [0.717, 1.165) is 38.5 Å². The van der Waals surface area contributed by atoms with Crippen molar-refractivity contribution in [1.29, 1.82) is 0 Å². The van der Waals surface area contributed by atoms with Gasteiger partial charge in [-0.15, -0.1) is 0 Å². The molecule has 5 heteroatoms.